The van der Waals surface area contributed by atoms with E-state index in [-0.39, 0.29) is 0 Å². The number of methoxy groups -OCH3 is 1. The van der Waals surface area contributed by atoms with Crippen molar-refractivity contribution in [2.75, 3.05) is 13.4 Å². The highest BCUT2D eigenvalue weighted by Crippen LogP contribution is 2.34. The van der Waals surface area contributed by atoms with Crippen molar-refractivity contribution in [1.82, 2.24) is 5.32 Å². The standard InChI is InChI=1S/C14H19Br2NOS/c1-18-14-10(15)6-9(7-11(14)16)8-17-12-4-3-5-13(12)19-2/h6-7,12-13,17H,3-5,8H2,1-2H3. The van der Waals surface area contributed by atoms with E-state index in [1.54, 1.807) is 7.11 Å². The summed E-state index contributed by atoms with van der Waals surface area (Å²) < 4.78 is 7.31. The molecule has 0 heterocycles. The molecule has 0 bridgehead atoms. The van der Waals surface area contributed by atoms with Crippen LogP contribution in [-0.4, -0.2) is 24.7 Å². The van der Waals surface area contributed by atoms with Gasteiger partial charge in [-0.2, -0.15) is 11.8 Å². The third-order valence-electron chi connectivity index (χ3n) is 3.59. The van der Waals surface area contributed by atoms with Crippen LogP contribution < -0.4 is 10.1 Å². The second kappa shape index (κ2) is 7.34. The summed E-state index contributed by atoms with van der Waals surface area (Å²) in [4.78, 5) is 0. The molecule has 1 aromatic rings. The van der Waals surface area contributed by atoms with Gasteiger partial charge in [-0.25, -0.2) is 0 Å². The lowest BCUT2D eigenvalue weighted by atomic mass is 10.2. The molecule has 1 aromatic carbocycles. The van der Waals surface area contributed by atoms with Crippen LogP contribution in [0.4, 0.5) is 0 Å². The molecule has 0 saturated heterocycles. The van der Waals surface area contributed by atoms with Crippen LogP contribution in [0.3, 0.4) is 0 Å². The first kappa shape index (κ1) is 15.7. The second-order valence-electron chi connectivity index (χ2n) is 4.79. The topological polar surface area (TPSA) is 21.3 Å². The molecule has 0 spiro atoms. The summed E-state index contributed by atoms with van der Waals surface area (Å²) in [5.74, 6) is 0.853. The number of halogens is 2. The molecule has 5 heteroatoms. The molecule has 1 saturated carbocycles. The molecule has 1 fully saturated rings. The number of benzene rings is 1. The zero-order valence-corrected chi connectivity index (χ0v) is 15.2. The van der Waals surface area contributed by atoms with Crippen molar-refractivity contribution >= 4 is 43.6 Å². The Bertz CT molecular complexity index is 418. The Balaban J connectivity index is 2.00. The van der Waals surface area contributed by atoms with Gasteiger partial charge in [0, 0.05) is 17.8 Å². The molecule has 2 rings (SSSR count). The summed E-state index contributed by atoms with van der Waals surface area (Å²) >= 11 is 9.09. The molecular formula is C14H19Br2NOS. The van der Waals surface area contributed by atoms with Crippen molar-refractivity contribution in [3.63, 3.8) is 0 Å². The van der Waals surface area contributed by atoms with Crippen molar-refractivity contribution in [1.29, 1.82) is 0 Å². The maximum Gasteiger partial charge on any atom is 0.147 e. The van der Waals surface area contributed by atoms with Gasteiger partial charge in [0.15, 0.2) is 0 Å². The van der Waals surface area contributed by atoms with Crippen LogP contribution in [0.1, 0.15) is 24.8 Å². The van der Waals surface area contributed by atoms with Crippen LogP contribution in [0, 0.1) is 0 Å². The average Bonchev–Trinajstić information content (AvgIpc) is 2.83. The lowest BCUT2D eigenvalue weighted by Crippen LogP contribution is -2.33. The fourth-order valence-electron chi connectivity index (χ4n) is 2.60. The van der Waals surface area contributed by atoms with E-state index >= 15 is 0 Å². The van der Waals surface area contributed by atoms with Crippen molar-refractivity contribution < 1.29 is 4.74 Å². The Morgan fingerprint density at radius 1 is 1.32 bits per heavy atom. The molecule has 0 amide bonds. The summed E-state index contributed by atoms with van der Waals surface area (Å²) in [7, 11) is 1.68. The Labute approximate surface area is 136 Å². The van der Waals surface area contributed by atoms with Gasteiger partial charge in [-0.3, -0.25) is 0 Å². The van der Waals surface area contributed by atoms with Crippen LogP contribution in [-0.2, 0) is 6.54 Å². The summed E-state index contributed by atoms with van der Waals surface area (Å²) in [6, 6.07) is 4.90. The van der Waals surface area contributed by atoms with Gasteiger partial charge in [0.2, 0.25) is 0 Å². The minimum Gasteiger partial charge on any atom is -0.494 e. The normalized spacial score (nSPS) is 22.7. The third kappa shape index (κ3) is 3.90. The maximum absolute atomic E-state index is 5.33. The average molecular weight is 409 g/mol. The van der Waals surface area contributed by atoms with E-state index in [1.165, 1.54) is 24.8 Å². The third-order valence-corrected chi connectivity index (χ3v) is 5.93. The predicted octanol–water partition coefficient (Wildman–Crippen LogP) is 4.59. The molecule has 2 unspecified atom stereocenters. The number of hydrogen-bond acceptors (Lipinski definition) is 3. The zero-order valence-electron chi connectivity index (χ0n) is 11.2. The summed E-state index contributed by atoms with van der Waals surface area (Å²) in [5, 5.41) is 4.46. The number of ether oxygens (including phenoxy) is 1. The van der Waals surface area contributed by atoms with E-state index in [4.69, 9.17) is 4.74 Å². The predicted molar refractivity (Wildman–Crippen MR) is 90.2 cm³/mol. The van der Waals surface area contributed by atoms with Crippen LogP contribution in [0.2, 0.25) is 0 Å². The first-order valence-corrected chi connectivity index (χ1v) is 9.31. The van der Waals surface area contributed by atoms with Gasteiger partial charge in [0.1, 0.15) is 5.75 Å². The van der Waals surface area contributed by atoms with Crippen LogP contribution in [0.25, 0.3) is 0 Å². The smallest absolute Gasteiger partial charge is 0.147 e. The van der Waals surface area contributed by atoms with E-state index < -0.39 is 0 Å². The van der Waals surface area contributed by atoms with Crippen molar-refractivity contribution in [3.05, 3.63) is 26.6 Å². The molecule has 1 N–H and O–H groups in total. The number of hydrogen-bond donors (Lipinski definition) is 1. The SMILES string of the molecule is COc1c(Br)cc(CNC2CCCC2SC)cc1Br. The molecule has 1 aliphatic carbocycles. The molecule has 1 aliphatic rings. The molecule has 2 atom stereocenters. The number of nitrogens with one attached hydrogen (secondary N) is 1. The minimum absolute atomic E-state index is 0.648. The summed E-state index contributed by atoms with van der Waals surface area (Å²) in [5.41, 5.74) is 1.27. The molecular weight excluding hydrogens is 390 g/mol. The van der Waals surface area contributed by atoms with Gasteiger partial charge in [0.25, 0.3) is 0 Å². The second-order valence-corrected chi connectivity index (χ2v) is 7.57. The number of rotatable bonds is 5. The monoisotopic (exact) mass is 407 g/mol. The van der Waals surface area contributed by atoms with E-state index in [1.807, 2.05) is 11.8 Å². The Hall–Kier alpha value is 0.290. The Morgan fingerprint density at radius 3 is 2.58 bits per heavy atom. The van der Waals surface area contributed by atoms with Crippen LogP contribution in [0.5, 0.6) is 5.75 Å². The first-order chi connectivity index (χ1) is 9.15. The van der Waals surface area contributed by atoms with Crippen molar-refractivity contribution in [2.24, 2.45) is 0 Å². The fourth-order valence-corrected chi connectivity index (χ4v) is 5.17. The Kier molecular flexibility index (Phi) is 6.06. The molecule has 106 valence electrons. The van der Waals surface area contributed by atoms with Crippen molar-refractivity contribution in [2.45, 2.75) is 37.1 Å². The first-order valence-electron chi connectivity index (χ1n) is 6.43. The van der Waals surface area contributed by atoms with Gasteiger partial charge < -0.3 is 10.1 Å². The molecule has 19 heavy (non-hydrogen) atoms. The largest absolute Gasteiger partial charge is 0.494 e. The van der Waals surface area contributed by atoms with E-state index in [0.717, 1.165) is 26.5 Å². The van der Waals surface area contributed by atoms with Crippen LogP contribution in [0.15, 0.2) is 21.1 Å². The highest BCUT2D eigenvalue weighted by atomic mass is 79.9. The van der Waals surface area contributed by atoms with Crippen molar-refractivity contribution in [3.8, 4) is 5.75 Å². The molecule has 0 radical (unpaired) electrons. The maximum atomic E-state index is 5.33. The summed E-state index contributed by atoms with van der Waals surface area (Å²) in [6.07, 6.45) is 6.20. The van der Waals surface area contributed by atoms with E-state index in [9.17, 15) is 0 Å². The van der Waals surface area contributed by atoms with E-state index in [2.05, 4.69) is 55.6 Å². The van der Waals surface area contributed by atoms with Gasteiger partial charge >= 0.3 is 0 Å². The molecule has 0 aromatic heterocycles. The lowest BCUT2D eigenvalue weighted by Gasteiger charge is -2.19. The summed E-state index contributed by atoms with van der Waals surface area (Å²) in [6.45, 7) is 0.906. The van der Waals surface area contributed by atoms with Crippen LogP contribution >= 0.6 is 43.6 Å². The highest BCUT2D eigenvalue weighted by molar-refractivity contribution is 9.11. The zero-order chi connectivity index (χ0) is 13.8. The quantitative estimate of drug-likeness (QED) is 0.769. The minimum atomic E-state index is 0.648. The Morgan fingerprint density at radius 2 is 2.00 bits per heavy atom. The molecule has 0 aliphatic heterocycles. The highest BCUT2D eigenvalue weighted by Gasteiger charge is 2.25. The molecule has 2 nitrogen and oxygen atoms in total. The van der Waals surface area contributed by atoms with Gasteiger partial charge in [0.05, 0.1) is 16.1 Å². The lowest BCUT2D eigenvalue weighted by molar-refractivity contribution is 0.409. The van der Waals surface area contributed by atoms with Gasteiger partial charge in [-0.15, -0.1) is 0 Å². The fraction of sp³-hybridized carbons (Fsp3) is 0.571. The number of thioether (sulfide) groups is 1. The van der Waals surface area contributed by atoms with Gasteiger partial charge in [-0.05, 0) is 68.7 Å². The van der Waals surface area contributed by atoms with E-state index in [0.29, 0.717) is 6.04 Å². The van der Waals surface area contributed by atoms with Gasteiger partial charge in [-0.1, -0.05) is 6.42 Å².